The molecule has 2 aromatic rings. The lowest BCUT2D eigenvalue weighted by molar-refractivity contribution is 0.577. The second-order valence-corrected chi connectivity index (χ2v) is 4.20. The van der Waals surface area contributed by atoms with Gasteiger partial charge in [-0.1, -0.05) is 20.8 Å². The Morgan fingerprint density at radius 2 is 2.08 bits per heavy atom. The third kappa shape index (κ3) is 1.30. The van der Waals surface area contributed by atoms with E-state index in [1.807, 2.05) is 12.1 Å². The van der Waals surface area contributed by atoms with E-state index >= 15 is 0 Å². The summed E-state index contributed by atoms with van der Waals surface area (Å²) >= 11 is 0. The van der Waals surface area contributed by atoms with Gasteiger partial charge in [-0.3, -0.25) is 0 Å². The average molecular weight is 175 g/mol. The summed E-state index contributed by atoms with van der Waals surface area (Å²) < 4.78 is 1.81. The molecule has 0 aromatic carbocycles. The first kappa shape index (κ1) is 8.23. The van der Waals surface area contributed by atoms with Crippen molar-refractivity contribution < 1.29 is 0 Å². The molecular weight excluding hydrogens is 162 g/mol. The van der Waals surface area contributed by atoms with Crippen molar-refractivity contribution >= 4 is 5.52 Å². The number of nitrogens with zero attached hydrogens (tertiary/aromatic N) is 3. The Morgan fingerprint density at radius 1 is 1.31 bits per heavy atom. The van der Waals surface area contributed by atoms with Gasteiger partial charge in [-0.2, -0.15) is 5.10 Å². The van der Waals surface area contributed by atoms with E-state index in [0.717, 1.165) is 11.2 Å². The molecule has 0 atom stereocenters. The lowest BCUT2D eigenvalue weighted by Gasteiger charge is -2.15. The molecule has 2 heterocycles. The van der Waals surface area contributed by atoms with E-state index in [1.54, 1.807) is 17.0 Å². The van der Waals surface area contributed by atoms with Crippen molar-refractivity contribution in [2.24, 2.45) is 0 Å². The largest absolute Gasteiger partial charge is 0.239 e. The maximum Gasteiger partial charge on any atom is 0.118 e. The number of imidazole rings is 1. The van der Waals surface area contributed by atoms with Crippen LogP contribution in [0.1, 0.15) is 26.5 Å². The molecule has 0 bridgehead atoms. The number of hydrogen-bond acceptors (Lipinski definition) is 2. The molecule has 0 saturated heterocycles. The van der Waals surface area contributed by atoms with Crippen molar-refractivity contribution in [1.29, 1.82) is 0 Å². The molecule has 0 aliphatic heterocycles. The molecule has 0 saturated carbocycles. The summed E-state index contributed by atoms with van der Waals surface area (Å²) in [7, 11) is 0. The first-order chi connectivity index (χ1) is 6.09. The van der Waals surface area contributed by atoms with Gasteiger partial charge in [0, 0.05) is 11.6 Å². The van der Waals surface area contributed by atoms with Crippen LogP contribution in [0.2, 0.25) is 0 Å². The molecule has 2 rings (SSSR count). The van der Waals surface area contributed by atoms with Crippen molar-refractivity contribution in [1.82, 2.24) is 14.6 Å². The van der Waals surface area contributed by atoms with Crippen LogP contribution >= 0.6 is 0 Å². The van der Waals surface area contributed by atoms with E-state index in [2.05, 4.69) is 30.9 Å². The Bertz CT molecular complexity index is 423. The first-order valence-electron chi connectivity index (χ1n) is 4.38. The Hall–Kier alpha value is -1.38. The molecule has 0 radical (unpaired) electrons. The van der Waals surface area contributed by atoms with Crippen LogP contribution < -0.4 is 0 Å². The van der Waals surface area contributed by atoms with Gasteiger partial charge in [0.25, 0.3) is 0 Å². The maximum absolute atomic E-state index is 4.37. The molecular formula is C10H13N3. The lowest BCUT2D eigenvalue weighted by atomic mass is 9.91. The highest BCUT2D eigenvalue weighted by atomic mass is 15.2. The number of fused-ring (bicyclic) bond motifs is 1. The van der Waals surface area contributed by atoms with Crippen molar-refractivity contribution in [3.63, 3.8) is 0 Å². The quantitative estimate of drug-likeness (QED) is 0.613. The summed E-state index contributed by atoms with van der Waals surface area (Å²) in [5.74, 6) is 0. The van der Waals surface area contributed by atoms with Crippen LogP contribution in [0.5, 0.6) is 0 Å². The summed E-state index contributed by atoms with van der Waals surface area (Å²) in [6.07, 6.45) is 3.52. The van der Waals surface area contributed by atoms with Crippen molar-refractivity contribution in [3.8, 4) is 0 Å². The topological polar surface area (TPSA) is 30.2 Å². The lowest BCUT2D eigenvalue weighted by Crippen LogP contribution is -2.12. The minimum Gasteiger partial charge on any atom is -0.239 e. The Balaban J connectivity index is 2.72. The maximum atomic E-state index is 4.37. The SMILES string of the molecule is CC(C)(C)c1ncn2ncccc12. The molecule has 3 nitrogen and oxygen atoms in total. The molecule has 0 aliphatic rings. The van der Waals surface area contributed by atoms with Crippen LogP contribution in [-0.4, -0.2) is 14.6 Å². The van der Waals surface area contributed by atoms with Crippen molar-refractivity contribution in [2.75, 3.05) is 0 Å². The average Bonchev–Trinajstić information content (AvgIpc) is 2.45. The van der Waals surface area contributed by atoms with Gasteiger partial charge in [0.1, 0.15) is 6.33 Å². The number of rotatable bonds is 0. The zero-order valence-corrected chi connectivity index (χ0v) is 8.15. The molecule has 3 heteroatoms. The number of aromatic nitrogens is 3. The molecule has 0 unspecified atom stereocenters. The third-order valence-corrected chi connectivity index (χ3v) is 2.03. The predicted octanol–water partition coefficient (Wildman–Crippen LogP) is 2.03. The summed E-state index contributed by atoms with van der Waals surface area (Å²) in [6, 6.07) is 3.98. The molecule has 0 amide bonds. The van der Waals surface area contributed by atoms with Gasteiger partial charge in [-0.25, -0.2) is 9.50 Å². The fraction of sp³-hybridized carbons (Fsp3) is 0.400. The van der Waals surface area contributed by atoms with Crippen LogP contribution in [0.4, 0.5) is 0 Å². The second-order valence-electron chi connectivity index (χ2n) is 4.20. The van der Waals surface area contributed by atoms with Gasteiger partial charge >= 0.3 is 0 Å². The summed E-state index contributed by atoms with van der Waals surface area (Å²) in [6.45, 7) is 6.47. The minimum absolute atomic E-state index is 0.0811. The molecule has 0 N–H and O–H groups in total. The monoisotopic (exact) mass is 175 g/mol. The highest BCUT2D eigenvalue weighted by molar-refractivity contribution is 5.53. The van der Waals surface area contributed by atoms with Gasteiger partial charge in [0.15, 0.2) is 0 Å². The van der Waals surface area contributed by atoms with E-state index in [-0.39, 0.29) is 5.41 Å². The van der Waals surface area contributed by atoms with Crippen molar-refractivity contribution in [2.45, 2.75) is 26.2 Å². The van der Waals surface area contributed by atoms with Crippen LogP contribution in [0, 0.1) is 0 Å². The van der Waals surface area contributed by atoms with Gasteiger partial charge in [0.2, 0.25) is 0 Å². The van der Waals surface area contributed by atoms with Gasteiger partial charge < -0.3 is 0 Å². The zero-order valence-electron chi connectivity index (χ0n) is 8.15. The van der Waals surface area contributed by atoms with E-state index in [1.165, 1.54) is 0 Å². The van der Waals surface area contributed by atoms with E-state index in [9.17, 15) is 0 Å². The van der Waals surface area contributed by atoms with Gasteiger partial charge in [0.05, 0.1) is 11.2 Å². The first-order valence-corrected chi connectivity index (χ1v) is 4.38. The minimum atomic E-state index is 0.0811. The Kier molecular flexibility index (Phi) is 1.62. The molecule has 0 spiro atoms. The standard InChI is InChI=1S/C10H13N3/c1-10(2,3)9-8-5-4-6-12-13(8)7-11-9/h4-7H,1-3H3. The Morgan fingerprint density at radius 3 is 2.77 bits per heavy atom. The molecule has 0 fully saturated rings. The van der Waals surface area contributed by atoms with Gasteiger partial charge in [-0.05, 0) is 12.1 Å². The fourth-order valence-corrected chi connectivity index (χ4v) is 1.42. The summed E-state index contributed by atoms with van der Waals surface area (Å²) in [4.78, 5) is 4.37. The third-order valence-electron chi connectivity index (χ3n) is 2.03. The number of hydrogen-bond donors (Lipinski definition) is 0. The molecule has 0 aliphatic carbocycles. The van der Waals surface area contributed by atoms with Crippen LogP contribution in [0.25, 0.3) is 5.52 Å². The molecule has 68 valence electrons. The summed E-state index contributed by atoms with van der Waals surface area (Å²) in [5.41, 5.74) is 2.27. The van der Waals surface area contributed by atoms with E-state index in [0.29, 0.717) is 0 Å². The Labute approximate surface area is 77.4 Å². The van der Waals surface area contributed by atoms with Crippen LogP contribution in [0.15, 0.2) is 24.7 Å². The summed E-state index contributed by atoms with van der Waals surface area (Å²) in [5, 5.41) is 4.17. The molecule has 13 heavy (non-hydrogen) atoms. The predicted molar refractivity (Wildman–Crippen MR) is 51.7 cm³/mol. The van der Waals surface area contributed by atoms with Crippen molar-refractivity contribution in [3.05, 3.63) is 30.4 Å². The highest BCUT2D eigenvalue weighted by Crippen LogP contribution is 2.23. The van der Waals surface area contributed by atoms with Gasteiger partial charge in [-0.15, -0.1) is 0 Å². The normalized spacial score (nSPS) is 12.2. The second kappa shape index (κ2) is 2.55. The zero-order chi connectivity index (χ0) is 9.47. The highest BCUT2D eigenvalue weighted by Gasteiger charge is 2.19. The smallest absolute Gasteiger partial charge is 0.118 e. The van der Waals surface area contributed by atoms with Crippen LogP contribution in [-0.2, 0) is 5.41 Å². The van der Waals surface area contributed by atoms with Crippen LogP contribution in [0.3, 0.4) is 0 Å². The molecule has 2 aromatic heterocycles. The van der Waals surface area contributed by atoms with E-state index < -0.39 is 0 Å². The van der Waals surface area contributed by atoms with E-state index in [4.69, 9.17) is 0 Å². The fourth-order valence-electron chi connectivity index (χ4n) is 1.42.